The maximum Gasteiger partial charge on any atom is 0.226 e. The molecule has 1 saturated carbocycles. The third-order valence-electron chi connectivity index (χ3n) is 4.75. The summed E-state index contributed by atoms with van der Waals surface area (Å²) in [5.74, 6) is 1.77. The first-order valence-electron chi connectivity index (χ1n) is 8.60. The number of carbonyl (C=O) groups excluding carboxylic acids is 1. The van der Waals surface area contributed by atoms with Gasteiger partial charge in [0.2, 0.25) is 5.91 Å². The lowest BCUT2D eigenvalue weighted by atomic mass is 10.00. The van der Waals surface area contributed by atoms with Gasteiger partial charge >= 0.3 is 0 Å². The highest BCUT2D eigenvalue weighted by molar-refractivity contribution is 7.14. The average molecular weight is 396 g/mol. The van der Waals surface area contributed by atoms with Gasteiger partial charge in [-0.25, -0.2) is 4.98 Å². The molecule has 0 bridgehead atoms. The minimum atomic E-state index is -0.00887. The number of rotatable bonds is 4. The van der Waals surface area contributed by atoms with Gasteiger partial charge in [0, 0.05) is 23.4 Å². The van der Waals surface area contributed by atoms with Crippen LogP contribution in [0.25, 0.3) is 11.3 Å². The highest BCUT2D eigenvalue weighted by Crippen LogP contribution is 2.35. The monoisotopic (exact) mass is 395 g/mol. The van der Waals surface area contributed by atoms with Crippen LogP contribution in [0, 0.1) is 5.92 Å². The molecule has 1 aliphatic carbocycles. The highest BCUT2D eigenvalue weighted by Gasteiger charge is 2.26. The fourth-order valence-electron chi connectivity index (χ4n) is 3.39. The van der Waals surface area contributed by atoms with Crippen LogP contribution in [0.3, 0.4) is 0 Å². The molecule has 0 spiro atoms. The van der Waals surface area contributed by atoms with E-state index in [0.717, 1.165) is 42.0 Å². The van der Waals surface area contributed by atoms with E-state index in [2.05, 4.69) is 10.3 Å². The number of fused-ring (bicyclic) bond motifs is 1. The number of carbonyl (C=O) groups is 1. The number of halogens is 1. The van der Waals surface area contributed by atoms with E-state index in [0.29, 0.717) is 24.8 Å². The third kappa shape index (κ3) is 4.11. The van der Waals surface area contributed by atoms with E-state index in [1.807, 2.05) is 23.6 Å². The van der Waals surface area contributed by atoms with E-state index in [1.165, 1.54) is 11.3 Å². The lowest BCUT2D eigenvalue weighted by molar-refractivity contribution is -0.117. The fraction of sp³-hybridized carbons (Fsp3) is 0.444. The number of benzene rings is 1. The van der Waals surface area contributed by atoms with Crippen molar-refractivity contribution in [2.45, 2.75) is 31.7 Å². The second kappa shape index (κ2) is 8.24. The Hall–Kier alpha value is -1.83. The Bertz CT molecular complexity index is 783. The number of anilines is 1. The normalized spacial score (nSPS) is 21.1. The van der Waals surface area contributed by atoms with Gasteiger partial charge in [-0.05, 0) is 37.0 Å². The SMILES string of the molecule is Cl.N[C@@H]1CCC[C@H]1CC(=O)Nc1nc(-c2ccc3c(c2)OCCO3)cs1. The predicted molar refractivity (Wildman–Crippen MR) is 104 cm³/mol. The summed E-state index contributed by atoms with van der Waals surface area (Å²) in [4.78, 5) is 16.7. The van der Waals surface area contributed by atoms with Crippen LogP contribution in [-0.4, -0.2) is 30.1 Å². The van der Waals surface area contributed by atoms with E-state index in [9.17, 15) is 4.79 Å². The standard InChI is InChI=1S/C18H21N3O3S.ClH/c19-13-3-1-2-11(13)9-17(22)21-18-20-14(10-25-18)12-4-5-15-16(8-12)24-7-6-23-15;/h4-5,8,10-11,13H,1-3,6-7,9,19H2,(H,20,21,22);1H/t11-,13+;/m0./s1. The Morgan fingerprint density at radius 3 is 2.85 bits per heavy atom. The molecule has 2 heterocycles. The molecule has 3 N–H and O–H groups in total. The predicted octanol–water partition coefficient (Wildman–Crippen LogP) is 3.46. The van der Waals surface area contributed by atoms with Gasteiger partial charge in [0.15, 0.2) is 16.6 Å². The quantitative estimate of drug-likeness (QED) is 0.827. The fourth-order valence-corrected chi connectivity index (χ4v) is 4.13. The third-order valence-corrected chi connectivity index (χ3v) is 5.51. The maximum absolute atomic E-state index is 12.2. The van der Waals surface area contributed by atoms with E-state index in [-0.39, 0.29) is 30.3 Å². The zero-order valence-electron chi connectivity index (χ0n) is 14.3. The van der Waals surface area contributed by atoms with E-state index >= 15 is 0 Å². The minimum Gasteiger partial charge on any atom is -0.486 e. The summed E-state index contributed by atoms with van der Waals surface area (Å²) < 4.78 is 11.1. The van der Waals surface area contributed by atoms with Crippen LogP contribution >= 0.6 is 23.7 Å². The topological polar surface area (TPSA) is 86.5 Å². The first kappa shape index (κ1) is 18.9. The number of hydrogen-bond acceptors (Lipinski definition) is 6. The molecule has 26 heavy (non-hydrogen) atoms. The molecule has 0 unspecified atom stereocenters. The van der Waals surface area contributed by atoms with Gasteiger partial charge in [-0.3, -0.25) is 4.79 Å². The van der Waals surface area contributed by atoms with Crippen molar-refractivity contribution in [1.82, 2.24) is 4.98 Å². The van der Waals surface area contributed by atoms with Gasteiger partial charge in [0.1, 0.15) is 13.2 Å². The van der Waals surface area contributed by atoms with Crippen molar-refractivity contribution in [3.8, 4) is 22.8 Å². The van der Waals surface area contributed by atoms with Gasteiger partial charge < -0.3 is 20.5 Å². The molecule has 2 aromatic rings. The second-order valence-electron chi connectivity index (χ2n) is 6.50. The molecular formula is C18H22ClN3O3S. The maximum atomic E-state index is 12.2. The van der Waals surface area contributed by atoms with Crippen molar-refractivity contribution in [3.63, 3.8) is 0 Å². The molecule has 8 heteroatoms. The molecule has 0 saturated heterocycles. The summed E-state index contributed by atoms with van der Waals surface area (Å²) in [6.45, 7) is 1.13. The van der Waals surface area contributed by atoms with Crippen molar-refractivity contribution in [3.05, 3.63) is 23.6 Å². The Kier molecular flexibility index (Phi) is 6.01. The summed E-state index contributed by atoms with van der Waals surface area (Å²) in [6, 6.07) is 5.91. The van der Waals surface area contributed by atoms with Crippen molar-refractivity contribution in [2.75, 3.05) is 18.5 Å². The summed E-state index contributed by atoms with van der Waals surface area (Å²) >= 11 is 1.42. The number of thiazole rings is 1. The van der Waals surface area contributed by atoms with Crippen LogP contribution in [0.15, 0.2) is 23.6 Å². The number of aromatic nitrogens is 1. The largest absolute Gasteiger partial charge is 0.486 e. The van der Waals surface area contributed by atoms with Crippen LogP contribution in [-0.2, 0) is 4.79 Å². The van der Waals surface area contributed by atoms with E-state index in [1.54, 1.807) is 0 Å². The Morgan fingerprint density at radius 2 is 2.08 bits per heavy atom. The molecule has 2 aliphatic rings. The van der Waals surface area contributed by atoms with Crippen LogP contribution < -0.4 is 20.5 Å². The number of nitrogens with zero attached hydrogens (tertiary/aromatic N) is 1. The Morgan fingerprint density at radius 1 is 1.27 bits per heavy atom. The van der Waals surface area contributed by atoms with E-state index in [4.69, 9.17) is 15.2 Å². The molecule has 1 aliphatic heterocycles. The second-order valence-corrected chi connectivity index (χ2v) is 7.36. The number of nitrogens with one attached hydrogen (secondary N) is 1. The Labute approximate surface area is 162 Å². The number of hydrogen-bond donors (Lipinski definition) is 2. The highest BCUT2D eigenvalue weighted by atomic mass is 35.5. The molecule has 2 atom stereocenters. The molecule has 0 radical (unpaired) electrons. The molecular weight excluding hydrogens is 374 g/mol. The number of amides is 1. The molecule has 1 fully saturated rings. The smallest absolute Gasteiger partial charge is 0.226 e. The van der Waals surface area contributed by atoms with Gasteiger partial charge in [0.25, 0.3) is 0 Å². The molecule has 6 nitrogen and oxygen atoms in total. The number of nitrogens with two attached hydrogens (primary N) is 1. The number of ether oxygens (including phenoxy) is 2. The molecule has 1 aromatic carbocycles. The van der Waals surface area contributed by atoms with Crippen LogP contribution in [0.5, 0.6) is 11.5 Å². The summed E-state index contributed by atoms with van der Waals surface area (Å²) in [5.41, 5.74) is 7.80. The van der Waals surface area contributed by atoms with Gasteiger partial charge in [-0.2, -0.15) is 0 Å². The van der Waals surface area contributed by atoms with Crippen molar-refractivity contribution >= 4 is 34.8 Å². The lowest BCUT2D eigenvalue weighted by Crippen LogP contribution is -2.28. The van der Waals surface area contributed by atoms with Gasteiger partial charge in [-0.1, -0.05) is 6.42 Å². The van der Waals surface area contributed by atoms with Crippen molar-refractivity contribution in [1.29, 1.82) is 0 Å². The molecule has 140 valence electrons. The molecule has 1 amide bonds. The minimum absolute atomic E-state index is 0. The van der Waals surface area contributed by atoms with Crippen LogP contribution in [0.2, 0.25) is 0 Å². The first-order valence-corrected chi connectivity index (χ1v) is 9.48. The summed E-state index contributed by atoms with van der Waals surface area (Å²) in [6.07, 6.45) is 3.64. The van der Waals surface area contributed by atoms with Crippen LogP contribution in [0.1, 0.15) is 25.7 Å². The average Bonchev–Trinajstić information content (AvgIpc) is 3.24. The molecule has 4 rings (SSSR count). The van der Waals surface area contributed by atoms with E-state index < -0.39 is 0 Å². The first-order chi connectivity index (χ1) is 12.2. The van der Waals surface area contributed by atoms with Crippen molar-refractivity contribution in [2.24, 2.45) is 11.7 Å². The van der Waals surface area contributed by atoms with Crippen LogP contribution in [0.4, 0.5) is 5.13 Å². The lowest BCUT2D eigenvalue weighted by Gasteiger charge is -2.18. The summed E-state index contributed by atoms with van der Waals surface area (Å²) in [7, 11) is 0. The van der Waals surface area contributed by atoms with Gasteiger partial charge in [-0.15, -0.1) is 23.7 Å². The summed E-state index contributed by atoms with van der Waals surface area (Å²) in [5, 5.41) is 5.44. The zero-order chi connectivity index (χ0) is 17.2. The zero-order valence-corrected chi connectivity index (χ0v) is 15.9. The van der Waals surface area contributed by atoms with Crippen molar-refractivity contribution < 1.29 is 14.3 Å². The molecule has 1 aromatic heterocycles. The Balaban J connectivity index is 0.00000196. The van der Waals surface area contributed by atoms with Gasteiger partial charge in [0.05, 0.1) is 5.69 Å².